The minimum Gasteiger partial charge on any atom is -0.253 e. The number of rotatable bonds is 0. The molecule has 2 nitrogen and oxygen atoms in total. The summed E-state index contributed by atoms with van der Waals surface area (Å²) in [6.07, 6.45) is 0. The number of nitrogens with one attached hydrogen (secondary N) is 1. The van der Waals surface area contributed by atoms with Crippen molar-refractivity contribution in [1.29, 1.82) is 4.78 Å². The van der Waals surface area contributed by atoms with Crippen LogP contribution in [0.1, 0.15) is 6.92 Å². The summed E-state index contributed by atoms with van der Waals surface area (Å²) < 4.78 is 17.4. The van der Waals surface area contributed by atoms with Crippen LogP contribution in [0.5, 0.6) is 0 Å². The zero-order valence-electron chi connectivity index (χ0n) is 4.31. The molecule has 1 rings (SSSR count). The standard InChI is InChI=1S/C4H9NOS/c1-4-2-7(5,6)3-4/h4-5H,2-3H2,1H3. The highest BCUT2D eigenvalue weighted by atomic mass is 32.2. The van der Waals surface area contributed by atoms with E-state index in [0.29, 0.717) is 17.4 Å². The van der Waals surface area contributed by atoms with Gasteiger partial charge in [0.2, 0.25) is 0 Å². The second-order valence-electron chi connectivity index (χ2n) is 2.25. The maximum atomic E-state index is 10.5. The summed E-state index contributed by atoms with van der Waals surface area (Å²) in [6.45, 7) is 2.03. The lowest BCUT2D eigenvalue weighted by molar-refractivity contribution is 0.611. The molecule has 0 radical (unpaired) electrons. The van der Waals surface area contributed by atoms with Gasteiger partial charge in [0, 0.05) is 21.2 Å². The van der Waals surface area contributed by atoms with Crippen molar-refractivity contribution in [1.82, 2.24) is 0 Å². The highest BCUT2D eigenvalue weighted by Gasteiger charge is 2.24. The van der Waals surface area contributed by atoms with Crippen LogP contribution in [0.15, 0.2) is 0 Å². The van der Waals surface area contributed by atoms with E-state index in [0.717, 1.165) is 0 Å². The highest BCUT2D eigenvalue weighted by molar-refractivity contribution is 7.93. The summed E-state index contributed by atoms with van der Waals surface area (Å²) in [6, 6.07) is 0. The summed E-state index contributed by atoms with van der Waals surface area (Å²) in [5.41, 5.74) is 0. The molecule has 1 N–H and O–H groups in total. The molecule has 0 amide bonds. The van der Waals surface area contributed by atoms with Gasteiger partial charge in [-0.15, -0.1) is 0 Å². The molecule has 7 heavy (non-hydrogen) atoms. The van der Waals surface area contributed by atoms with Crippen molar-refractivity contribution in [2.75, 3.05) is 11.5 Å². The van der Waals surface area contributed by atoms with Crippen LogP contribution < -0.4 is 0 Å². The summed E-state index contributed by atoms with van der Waals surface area (Å²) in [5.74, 6) is 1.81. The smallest absolute Gasteiger partial charge is 0.0447 e. The highest BCUT2D eigenvalue weighted by Crippen LogP contribution is 2.16. The largest absolute Gasteiger partial charge is 0.253 e. The average molecular weight is 119 g/mol. The molecular formula is C4H9NOS. The van der Waals surface area contributed by atoms with Gasteiger partial charge in [-0.3, -0.25) is 4.78 Å². The maximum Gasteiger partial charge on any atom is 0.0447 e. The first-order chi connectivity index (χ1) is 3.10. The van der Waals surface area contributed by atoms with Crippen molar-refractivity contribution < 1.29 is 4.21 Å². The van der Waals surface area contributed by atoms with Gasteiger partial charge in [-0.25, -0.2) is 4.21 Å². The van der Waals surface area contributed by atoms with Crippen LogP contribution in [0.25, 0.3) is 0 Å². The Balaban J connectivity index is 2.61. The predicted octanol–water partition coefficient (Wildman–Crippen LogP) is 0.683. The van der Waals surface area contributed by atoms with Gasteiger partial charge in [0.05, 0.1) is 0 Å². The first-order valence-corrected chi connectivity index (χ1v) is 4.24. The van der Waals surface area contributed by atoms with Gasteiger partial charge in [-0.1, -0.05) is 6.92 Å². The van der Waals surface area contributed by atoms with E-state index in [1.165, 1.54) is 0 Å². The second kappa shape index (κ2) is 1.22. The summed E-state index contributed by atoms with van der Waals surface area (Å²) in [7, 11) is -2.03. The molecule has 1 heterocycles. The number of hydrogen-bond donors (Lipinski definition) is 1. The molecule has 0 saturated carbocycles. The topological polar surface area (TPSA) is 40.9 Å². The van der Waals surface area contributed by atoms with Crippen LogP contribution in [-0.2, 0) is 9.73 Å². The molecule has 0 unspecified atom stereocenters. The van der Waals surface area contributed by atoms with E-state index < -0.39 is 9.73 Å². The molecule has 1 saturated heterocycles. The quantitative estimate of drug-likeness (QED) is 0.500. The van der Waals surface area contributed by atoms with Gasteiger partial charge >= 0.3 is 0 Å². The van der Waals surface area contributed by atoms with Gasteiger partial charge in [0.1, 0.15) is 0 Å². The van der Waals surface area contributed by atoms with Crippen LogP contribution in [0, 0.1) is 10.7 Å². The molecule has 1 aliphatic rings. The molecule has 1 fully saturated rings. The Labute approximate surface area is 43.9 Å². The third-order valence-corrected chi connectivity index (χ3v) is 3.32. The molecule has 0 aliphatic carbocycles. The fraction of sp³-hybridized carbons (Fsp3) is 1.00. The van der Waals surface area contributed by atoms with Crippen molar-refractivity contribution in [3.05, 3.63) is 0 Å². The Morgan fingerprint density at radius 3 is 2.14 bits per heavy atom. The SMILES string of the molecule is CC1CS(=N)(=O)C1. The molecule has 42 valence electrons. The third kappa shape index (κ3) is 0.938. The van der Waals surface area contributed by atoms with E-state index in [4.69, 9.17) is 4.78 Å². The molecule has 0 spiro atoms. The Bertz CT molecular complexity index is 147. The summed E-state index contributed by atoms with van der Waals surface area (Å²) in [5, 5.41) is 0. The Morgan fingerprint density at radius 1 is 1.71 bits per heavy atom. The van der Waals surface area contributed by atoms with E-state index in [9.17, 15) is 4.21 Å². The Hall–Kier alpha value is -0.0500. The van der Waals surface area contributed by atoms with Crippen LogP contribution >= 0.6 is 0 Å². The van der Waals surface area contributed by atoms with Crippen LogP contribution in [0.2, 0.25) is 0 Å². The van der Waals surface area contributed by atoms with Crippen molar-refractivity contribution >= 4 is 9.73 Å². The van der Waals surface area contributed by atoms with E-state index in [2.05, 4.69) is 0 Å². The lowest BCUT2D eigenvalue weighted by atomic mass is 10.2. The van der Waals surface area contributed by atoms with E-state index in [-0.39, 0.29) is 0 Å². The first kappa shape index (κ1) is 5.09. The van der Waals surface area contributed by atoms with Gasteiger partial charge in [0.25, 0.3) is 0 Å². The minimum absolute atomic E-state index is 0.546. The van der Waals surface area contributed by atoms with Crippen molar-refractivity contribution in [2.24, 2.45) is 5.92 Å². The molecule has 0 aromatic carbocycles. The lowest BCUT2D eigenvalue weighted by Crippen LogP contribution is -2.32. The number of hydrogen-bond acceptors (Lipinski definition) is 2. The normalized spacial score (nSPS) is 50.7. The zero-order valence-corrected chi connectivity index (χ0v) is 5.12. The molecule has 3 heteroatoms. The van der Waals surface area contributed by atoms with E-state index >= 15 is 0 Å². The second-order valence-corrected chi connectivity index (χ2v) is 4.54. The van der Waals surface area contributed by atoms with Crippen molar-refractivity contribution in [2.45, 2.75) is 6.92 Å². The monoisotopic (exact) mass is 119 g/mol. The zero-order chi connectivity index (χ0) is 5.49. The molecule has 0 atom stereocenters. The van der Waals surface area contributed by atoms with Crippen molar-refractivity contribution in [3.8, 4) is 0 Å². The summed E-state index contributed by atoms with van der Waals surface area (Å²) in [4.78, 5) is 0. The van der Waals surface area contributed by atoms with Crippen molar-refractivity contribution in [3.63, 3.8) is 0 Å². The van der Waals surface area contributed by atoms with Crippen LogP contribution in [-0.4, -0.2) is 15.7 Å². The molecular weight excluding hydrogens is 110 g/mol. The molecule has 0 aromatic heterocycles. The van der Waals surface area contributed by atoms with Crippen LogP contribution in [0.3, 0.4) is 0 Å². The third-order valence-electron chi connectivity index (χ3n) is 1.11. The van der Waals surface area contributed by atoms with Crippen LogP contribution in [0.4, 0.5) is 0 Å². The van der Waals surface area contributed by atoms with Gasteiger partial charge < -0.3 is 0 Å². The Kier molecular flexibility index (Phi) is 0.885. The fourth-order valence-electron chi connectivity index (χ4n) is 0.870. The van der Waals surface area contributed by atoms with Gasteiger partial charge in [0.15, 0.2) is 0 Å². The molecule has 0 aromatic rings. The van der Waals surface area contributed by atoms with E-state index in [1.54, 1.807) is 0 Å². The molecule has 1 aliphatic heterocycles. The lowest BCUT2D eigenvalue weighted by Gasteiger charge is -2.23. The average Bonchev–Trinajstić information content (AvgIpc) is 1.27. The fourth-order valence-corrected chi connectivity index (χ4v) is 2.61. The van der Waals surface area contributed by atoms with E-state index in [1.807, 2.05) is 6.92 Å². The van der Waals surface area contributed by atoms with Gasteiger partial charge in [-0.2, -0.15) is 0 Å². The predicted molar refractivity (Wildman–Crippen MR) is 29.8 cm³/mol. The maximum absolute atomic E-state index is 10.5. The Morgan fingerprint density at radius 2 is 2.14 bits per heavy atom. The first-order valence-electron chi connectivity index (χ1n) is 2.34. The van der Waals surface area contributed by atoms with Gasteiger partial charge in [-0.05, 0) is 5.92 Å². The minimum atomic E-state index is -2.03. The molecule has 0 bridgehead atoms. The summed E-state index contributed by atoms with van der Waals surface area (Å²) >= 11 is 0.